The number of ether oxygens (including phenoxy) is 2. The maximum atomic E-state index is 12.9. The van der Waals surface area contributed by atoms with E-state index in [1.165, 1.54) is 0 Å². The Kier molecular flexibility index (Phi) is 6.03. The second kappa shape index (κ2) is 9.22. The van der Waals surface area contributed by atoms with Crippen LogP contribution in [0, 0.1) is 0 Å². The number of aromatic hydroxyl groups is 1. The number of amides is 1. The molecule has 5 heteroatoms. The number of benzene rings is 4. The number of carbonyl (C=O) groups excluding carboxylic acids is 1. The Morgan fingerprint density at radius 1 is 0.903 bits per heavy atom. The third kappa shape index (κ3) is 4.46. The highest BCUT2D eigenvalue weighted by molar-refractivity contribution is 5.90. The van der Waals surface area contributed by atoms with Gasteiger partial charge in [0, 0.05) is 11.1 Å². The minimum absolute atomic E-state index is 0.0962. The van der Waals surface area contributed by atoms with Crippen molar-refractivity contribution in [1.82, 2.24) is 5.32 Å². The Morgan fingerprint density at radius 3 is 2.42 bits per heavy atom. The largest absolute Gasteiger partial charge is 0.508 e. The molecule has 0 bridgehead atoms. The van der Waals surface area contributed by atoms with Gasteiger partial charge in [-0.2, -0.15) is 0 Å². The lowest BCUT2D eigenvalue weighted by Crippen LogP contribution is -2.33. The summed E-state index contributed by atoms with van der Waals surface area (Å²) < 4.78 is 11.2. The van der Waals surface area contributed by atoms with Crippen LogP contribution in [-0.2, 0) is 4.79 Å². The monoisotopic (exact) mass is 413 g/mol. The van der Waals surface area contributed by atoms with Gasteiger partial charge >= 0.3 is 0 Å². The molecule has 0 radical (unpaired) electrons. The van der Waals surface area contributed by atoms with Gasteiger partial charge in [0.15, 0.2) is 6.61 Å². The molecule has 0 saturated carbocycles. The fraction of sp³-hybridized carbons (Fsp3) is 0.115. The lowest BCUT2D eigenvalue weighted by molar-refractivity contribution is -0.123. The lowest BCUT2D eigenvalue weighted by Gasteiger charge is -2.24. The third-order valence-corrected chi connectivity index (χ3v) is 5.10. The average Bonchev–Trinajstić information content (AvgIpc) is 2.82. The highest BCUT2D eigenvalue weighted by Crippen LogP contribution is 2.38. The van der Waals surface area contributed by atoms with E-state index in [4.69, 9.17) is 9.47 Å². The maximum Gasteiger partial charge on any atom is 0.258 e. The molecule has 0 aliphatic carbocycles. The number of phenolic OH excluding ortho intramolecular Hbond substituents is 1. The first-order chi connectivity index (χ1) is 15.2. The Bertz CT molecular complexity index is 1190. The van der Waals surface area contributed by atoms with Crippen molar-refractivity contribution in [3.05, 3.63) is 102 Å². The number of phenols is 1. The number of hydrogen-bond acceptors (Lipinski definition) is 4. The third-order valence-electron chi connectivity index (χ3n) is 5.10. The van der Waals surface area contributed by atoms with Gasteiger partial charge in [-0.1, -0.05) is 66.7 Å². The predicted molar refractivity (Wildman–Crippen MR) is 121 cm³/mol. The van der Waals surface area contributed by atoms with Crippen LogP contribution in [0.5, 0.6) is 17.2 Å². The summed E-state index contributed by atoms with van der Waals surface area (Å²) in [5, 5.41) is 15.6. The van der Waals surface area contributed by atoms with Crippen LogP contribution in [0.2, 0.25) is 0 Å². The van der Waals surface area contributed by atoms with Crippen LogP contribution in [0.1, 0.15) is 17.2 Å². The van der Waals surface area contributed by atoms with E-state index in [-0.39, 0.29) is 18.3 Å². The summed E-state index contributed by atoms with van der Waals surface area (Å²) in [5.74, 6) is 1.01. The average molecular weight is 413 g/mol. The van der Waals surface area contributed by atoms with E-state index in [2.05, 4.69) is 5.32 Å². The van der Waals surface area contributed by atoms with Gasteiger partial charge in [-0.15, -0.1) is 0 Å². The number of rotatable bonds is 7. The molecule has 4 rings (SSSR count). The van der Waals surface area contributed by atoms with Crippen LogP contribution in [0.15, 0.2) is 91.0 Å². The summed E-state index contributed by atoms with van der Waals surface area (Å²) in [7, 11) is 1.58. The molecule has 1 amide bonds. The Labute approximate surface area is 180 Å². The SMILES string of the molecule is COc1ccccc1[C@@H](NC(=O)COc1ccccc1)c1c(O)ccc2ccccc12. The summed E-state index contributed by atoms with van der Waals surface area (Å²) >= 11 is 0. The Balaban J connectivity index is 1.73. The molecule has 0 heterocycles. The minimum Gasteiger partial charge on any atom is -0.508 e. The molecule has 0 aliphatic rings. The summed E-state index contributed by atoms with van der Waals surface area (Å²) in [4.78, 5) is 12.9. The van der Waals surface area contributed by atoms with Crippen molar-refractivity contribution in [2.75, 3.05) is 13.7 Å². The van der Waals surface area contributed by atoms with Crippen molar-refractivity contribution in [1.29, 1.82) is 0 Å². The van der Waals surface area contributed by atoms with E-state index < -0.39 is 6.04 Å². The molecule has 0 unspecified atom stereocenters. The van der Waals surface area contributed by atoms with Gasteiger partial charge < -0.3 is 19.9 Å². The van der Waals surface area contributed by atoms with Gasteiger partial charge in [0.05, 0.1) is 13.2 Å². The molecule has 4 aromatic carbocycles. The van der Waals surface area contributed by atoms with Crippen LogP contribution >= 0.6 is 0 Å². The standard InChI is InChI=1S/C26H23NO4/c1-30-23-14-8-7-13-21(23)26(27-24(29)17-31-19-10-3-2-4-11-19)25-20-12-6-5-9-18(20)15-16-22(25)28/h2-16,26,28H,17H2,1H3,(H,27,29)/t26-/m1/s1. The molecule has 156 valence electrons. The number of fused-ring (bicyclic) bond motifs is 1. The number of hydrogen-bond donors (Lipinski definition) is 2. The zero-order valence-electron chi connectivity index (χ0n) is 17.1. The first-order valence-electron chi connectivity index (χ1n) is 9.98. The summed E-state index contributed by atoms with van der Waals surface area (Å²) in [5.41, 5.74) is 1.35. The number of methoxy groups -OCH3 is 1. The molecule has 0 saturated heterocycles. The second-order valence-electron chi connectivity index (χ2n) is 7.06. The minimum atomic E-state index is -0.630. The zero-order chi connectivity index (χ0) is 21.6. The topological polar surface area (TPSA) is 67.8 Å². The van der Waals surface area contributed by atoms with Gasteiger partial charge in [0.25, 0.3) is 5.91 Å². The Hall–Kier alpha value is -3.99. The molecule has 4 aromatic rings. The highest BCUT2D eigenvalue weighted by atomic mass is 16.5. The molecule has 1 atom stereocenters. The second-order valence-corrected chi connectivity index (χ2v) is 7.06. The summed E-state index contributed by atoms with van der Waals surface area (Å²) in [6.45, 7) is -0.152. The fourth-order valence-corrected chi connectivity index (χ4v) is 3.67. The van der Waals surface area contributed by atoms with Gasteiger partial charge in [-0.3, -0.25) is 4.79 Å². The molecule has 2 N–H and O–H groups in total. The van der Waals surface area contributed by atoms with E-state index in [1.54, 1.807) is 25.3 Å². The smallest absolute Gasteiger partial charge is 0.258 e. The summed E-state index contributed by atoms with van der Waals surface area (Å²) in [6, 6.07) is 27.2. The van der Waals surface area contributed by atoms with E-state index in [9.17, 15) is 9.90 Å². The van der Waals surface area contributed by atoms with Crippen molar-refractivity contribution in [2.24, 2.45) is 0 Å². The van der Waals surface area contributed by atoms with E-state index >= 15 is 0 Å². The number of carbonyl (C=O) groups is 1. The van der Waals surface area contributed by atoms with Crippen molar-refractivity contribution in [3.8, 4) is 17.2 Å². The molecular weight excluding hydrogens is 390 g/mol. The van der Waals surface area contributed by atoms with Crippen molar-refractivity contribution in [3.63, 3.8) is 0 Å². The molecular formula is C26H23NO4. The molecule has 5 nitrogen and oxygen atoms in total. The van der Waals surface area contributed by atoms with Crippen LogP contribution in [0.4, 0.5) is 0 Å². The van der Waals surface area contributed by atoms with Gasteiger partial charge in [-0.05, 0) is 35.0 Å². The van der Waals surface area contributed by atoms with Gasteiger partial charge in [-0.25, -0.2) is 0 Å². The Morgan fingerprint density at radius 2 is 1.61 bits per heavy atom. The number of para-hydroxylation sites is 2. The van der Waals surface area contributed by atoms with Gasteiger partial charge in [0.1, 0.15) is 17.2 Å². The number of nitrogens with one attached hydrogen (secondary N) is 1. The van der Waals surface area contributed by atoms with E-state index in [0.717, 1.165) is 16.3 Å². The normalized spacial score (nSPS) is 11.6. The predicted octanol–water partition coefficient (Wildman–Crippen LogP) is 4.84. The molecule has 31 heavy (non-hydrogen) atoms. The summed E-state index contributed by atoms with van der Waals surface area (Å²) in [6.07, 6.45) is 0. The first-order valence-corrected chi connectivity index (χ1v) is 9.98. The fourth-order valence-electron chi connectivity index (χ4n) is 3.67. The maximum absolute atomic E-state index is 12.9. The van der Waals surface area contributed by atoms with Crippen LogP contribution in [-0.4, -0.2) is 24.7 Å². The first kappa shape index (κ1) is 20.3. The van der Waals surface area contributed by atoms with Crippen molar-refractivity contribution < 1.29 is 19.4 Å². The van der Waals surface area contributed by atoms with Crippen molar-refractivity contribution >= 4 is 16.7 Å². The zero-order valence-corrected chi connectivity index (χ0v) is 17.1. The molecule has 0 fully saturated rings. The molecule has 0 aliphatic heterocycles. The van der Waals surface area contributed by atoms with Crippen LogP contribution in [0.25, 0.3) is 10.8 Å². The lowest BCUT2D eigenvalue weighted by atomic mass is 9.92. The van der Waals surface area contributed by atoms with E-state index in [1.807, 2.05) is 72.8 Å². The van der Waals surface area contributed by atoms with Gasteiger partial charge in [0.2, 0.25) is 0 Å². The quantitative estimate of drug-likeness (QED) is 0.455. The highest BCUT2D eigenvalue weighted by Gasteiger charge is 2.25. The van der Waals surface area contributed by atoms with Crippen LogP contribution in [0.3, 0.4) is 0 Å². The molecule has 0 aromatic heterocycles. The van der Waals surface area contributed by atoms with E-state index in [0.29, 0.717) is 17.1 Å². The van der Waals surface area contributed by atoms with Crippen molar-refractivity contribution in [2.45, 2.75) is 6.04 Å². The molecule has 0 spiro atoms. The van der Waals surface area contributed by atoms with Crippen LogP contribution < -0.4 is 14.8 Å².